The van der Waals surface area contributed by atoms with Crippen LogP contribution in [0.3, 0.4) is 0 Å². The van der Waals surface area contributed by atoms with E-state index in [1.807, 2.05) is 19.1 Å². The van der Waals surface area contributed by atoms with Gasteiger partial charge in [-0.15, -0.1) is 0 Å². The predicted molar refractivity (Wildman–Crippen MR) is 32.4 cm³/mol. The van der Waals surface area contributed by atoms with Gasteiger partial charge in [0, 0.05) is 18.3 Å². The zero-order valence-electron chi connectivity index (χ0n) is 4.76. The first-order valence-corrected chi connectivity index (χ1v) is 2.48. The van der Waals surface area contributed by atoms with Crippen molar-refractivity contribution >= 4 is 0 Å². The van der Waals surface area contributed by atoms with Crippen molar-refractivity contribution in [1.29, 1.82) is 0 Å². The standard InChI is InChI=1S/C7H7N/c1-6-4-3-5-7(2)8-6/h1,3-5H,2H3. The molecular weight excluding hydrogens is 98.1 g/mol. The number of hydrogen-bond acceptors (Lipinski definition) is 1. The Labute approximate surface area is 49.4 Å². The van der Waals surface area contributed by atoms with E-state index in [0.717, 1.165) is 5.69 Å². The maximum atomic E-state index is 5.35. The second-order valence-electron chi connectivity index (χ2n) is 1.70. The highest BCUT2D eigenvalue weighted by molar-refractivity contribution is 5.11. The minimum absolute atomic E-state index is 0.588. The molecule has 0 aromatic carbocycles. The minimum atomic E-state index is 0.588. The van der Waals surface area contributed by atoms with Crippen molar-refractivity contribution in [1.82, 2.24) is 4.98 Å². The van der Waals surface area contributed by atoms with Crippen molar-refractivity contribution in [2.24, 2.45) is 0 Å². The van der Waals surface area contributed by atoms with E-state index in [1.54, 1.807) is 6.07 Å². The quantitative estimate of drug-likeness (QED) is 0.486. The molecule has 1 aromatic rings. The van der Waals surface area contributed by atoms with Gasteiger partial charge in [-0.25, -0.2) is 0 Å². The van der Waals surface area contributed by atoms with E-state index >= 15 is 0 Å². The third kappa shape index (κ3) is 1.06. The first-order chi connectivity index (χ1) is 3.79. The molecule has 1 heteroatoms. The fraction of sp³-hybridized carbons (Fsp3) is 0.143. The molecule has 0 fully saturated rings. The number of aryl methyl sites for hydroxylation is 1. The number of aromatic nitrogens is 1. The van der Waals surface area contributed by atoms with Crippen molar-refractivity contribution in [2.75, 3.05) is 0 Å². The van der Waals surface area contributed by atoms with Gasteiger partial charge in [0.1, 0.15) is 0 Å². The molecule has 0 saturated carbocycles. The number of rotatable bonds is 0. The largest absolute Gasteiger partial charge is 0.258 e. The Hall–Kier alpha value is -0.850. The van der Waals surface area contributed by atoms with Crippen molar-refractivity contribution in [3.05, 3.63) is 36.5 Å². The number of hydrogen-bond donors (Lipinski definition) is 0. The molecule has 0 N–H and O–H groups in total. The third-order valence-electron chi connectivity index (χ3n) is 0.910. The zero-order chi connectivity index (χ0) is 5.98. The summed E-state index contributed by atoms with van der Waals surface area (Å²) in [7, 11) is 0. The fourth-order valence-electron chi connectivity index (χ4n) is 0.564. The van der Waals surface area contributed by atoms with Crippen LogP contribution in [-0.2, 0) is 0 Å². The Morgan fingerprint density at radius 2 is 2.25 bits per heavy atom. The molecule has 1 rings (SSSR count). The first-order valence-electron chi connectivity index (χ1n) is 2.48. The summed E-state index contributed by atoms with van der Waals surface area (Å²) in [5, 5.41) is 0. The molecule has 40 valence electrons. The van der Waals surface area contributed by atoms with Crippen molar-refractivity contribution in [3.63, 3.8) is 0 Å². The van der Waals surface area contributed by atoms with Crippen LogP contribution < -0.4 is 0 Å². The van der Waals surface area contributed by atoms with E-state index in [2.05, 4.69) is 4.98 Å². The van der Waals surface area contributed by atoms with E-state index in [4.69, 9.17) is 6.92 Å². The highest BCUT2D eigenvalue weighted by Gasteiger charge is 1.82. The van der Waals surface area contributed by atoms with Gasteiger partial charge in [0.05, 0.1) is 0 Å². The van der Waals surface area contributed by atoms with Crippen LogP contribution in [0.4, 0.5) is 0 Å². The zero-order valence-corrected chi connectivity index (χ0v) is 4.76. The monoisotopic (exact) mass is 105 g/mol. The van der Waals surface area contributed by atoms with E-state index in [-0.39, 0.29) is 0 Å². The highest BCUT2D eigenvalue weighted by atomic mass is 14.7. The Morgan fingerprint density at radius 1 is 1.50 bits per heavy atom. The molecule has 0 unspecified atom stereocenters. The molecule has 1 aromatic heterocycles. The summed E-state index contributed by atoms with van der Waals surface area (Å²) in [5.74, 6) is 0. The normalized spacial score (nSPS) is 9.25. The van der Waals surface area contributed by atoms with Crippen molar-refractivity contribution in [2.45, 2.75) is 6.92 Å². The van der Waals surface area contributed by atoms with Gasteiger partial charge in [-0.1, -0.05) is 6.07 Å². The molecule has 2 radical (unpaired) electrons. The maximum Gasteiger partial charge on any atom is 0.0451 e. The van der Waals surface area contributed by atoms with Crippen LogP contribution in [0.1, 0.15) is 11.4 Å². The van der Waals surface area contributed by atoms with Gasteiger partial charge < -0.3 is 0 Å². The summed E-state index contributed by atoms with van der Waals surface area (Å²) in [4.78, 5) is 3.95. The Balaban J connectivity index is 3.08. The second kappa shape index (κ2) is 1.95. The first kappa shape index (κ1) is 5.29. The summed E-state index contributed by atoms with van der Waals surface area (Å²) in [6.45, 7) is 7.26. The van der Waals surface area contributed by atoms with Gasteiger partial charge in [0.15, 0.2) is 0 Å². The SMILES string of the molecule is [CH]c1cccc(C)n1. The maximum absolute atomic E-state index is 5.35. The lowest BCUT2D eigenvalue weighted by Crippen LogP contribution is -1.81. The smallest absolute Gasteiger partial charge is 0.0451 e. The molecule has 0 saturated heterocycles. The number of nitrogens with zero attached hydrogens (tertiary/aromatic N) is 1. The van der Waals surface area contributed by atoms with Crippen LogP contribution in [-0.4, -0.2) is 4.98 Å². The molecule has 0 aliphatic carbocycles. The second-order valence-corrected chi connectivity index (χ2v) is 1.70. The molecule has 8 heavy (non-hydrogen) atoms. The summed E-state index contributed by atoms with van der Waals surface area (Å²) < 4.78 is 0. The van der Waals surface area contributed by atoms with Crippen LogP contribution in [0.5, 0.6) is 0 Å². The van der Waals surface area contributed by atoms with Gasteiger partial charge in [0.2, 0.25) is 0 Å². The van der Waals surface area contributed by atoms with Gasteiger partial charge >= 0.3 is 0 Å². The van der Waals surface area contributed by atoms with E-state index in [0.29, 0.717) is 5.69 Å². The molecule has 0 aliphatic rings. The van der Waals surface area contributed by atoms with Gasteiger partial charge in [-0.3, -0.25) is 4.98 Å². The molecule has 0 spiro atoms. The molecule has 1 nitrogen and oxygen atoms in total. The average molecular weight is 105 g/mol. The Morgan fingerprint density at radius 3 is 2.62 bits per heavy atom. The molecule has 0 bridgehead atoms. The van der Waals surface area contributed by atoms with Crippen LogP contribution in [0.25, 0.3) is 0 Å². The molecule has 0 aliphatic heterocycles. The lowest BCUT2D eigenvalue weighted by Gasteiger charge is -1.89. The fourth-order valence-corrected chi connectivity index (χ4v) is 0.564. The van der Waals surface area contributed by atoms with Gasteiger partial charge in [0.25, 0.3) is 0 Å². The lowest BCUT2D eigenvalue weighted by molar-refractivity contribution is 1.16. The van der Waals surface area contributed by atoms with Gasteiger partial charge in [-0.2, -0.15) is 0 Å². The third-order valence-corrected chi connectivity index (χ3v) is 0.910. The average Bonchev–Trinajstić information content (AvgIpc) is 1.64. The Kier molecular flexibility index (Phi) is 1.29. The molecular formula is C7H7N. The van der Waals surface area contributed by atoms with Crippen LogP contribution in [0.2, 0.25) is 0 Å². The van der Waals surface area contributed by atoms with Crippen LogP contribution >= 0.6 is 0 Å². The molecule has 0 amide bonds. The van der Waals surface area contributed by atoms with Crippen LogP contribution in [0.15, 0.2) is 18.2 Å². The number of pyridine rings is 1. The summed E-state index contributed by atoms with van der Waals surface area (Å²) >= 11 is 0. The van der Waals surface area contributed by atoms with Gasteiger partial charge in [-0.05, 0) is 19.1 Å². The summed E-state index contributed by atoms with van der Waals surface area (Å²) in [6.07, 6.45) is 0. The lowest BCUT2D eigenvalue weighted by atomic mass is 10.3. The molecule has 1 heterocycles. The predicted octanol–water partition coefficient (Wildman–Crippen LogP) is 1.45. The van der Waals surface area contributed by atoms with Crippen molar-refractivity contribution in [3.8, 4) is 0 Å². The minimum Gasteiger partial charge on any atom is -0.258 e. The van der Waals surface area contributed by atoms with E-state index in [9.17, 15) is 0 Å². The summed E-state index contributed by atoms with van der Waals surface area (Å²) in [6, 6.07) is 5.57. The highest BCUT2D eigenvalue weighted by Crippen LogP contribution is 1.93. The van der Waals surface area contributed by atoms with Crippen LogP contribution in [0, 0.1) is 13.8 Å². The van der Waals surface area contributed by atoms with E-state index in [1.165, 1.54) is 0 Å². The topological polar surface area (TPSA) is 12.9 Å². The Bertz CT molecular complexity index is 164. The summed E-state index contributed by atoms with van der Waals surface area (Å²) in [5.41, 5.74) is 1.55. The van der Waals surface area contributed by atoms with Crippen molar-refractivity contribution < 1.29 is 0 Å². The van der Waals surface area contributed by atoms with E-state index < -0.39 is 0 Å². The molecule has 0 atom stereocenters.